The maximum Gasteiger partial charge on any atom is 0.239 e. The van der Waals surface area contributed by atoms with Crippen molar-refractivity contribution < 1.29 is 18.8 Å². The fourth-order valence-corrected chi connectivity index (χ4v) is 2.78. The smallest absolute Gasteiger partial charge is 0.239 e. The molecule has 0 fully saturated rings. The first-order chi connectivity index (χ1) is 15.7. The molecular formula is C21H21N7O4. The van der Waals surface area contributed by atoms with E-state index < -0.39 is 0 Å². The van der Waals surface area contributed by atoms with Gasteiger partial charge in [0.25, 0.3) is 0 Å². The lowest BCUT2D eigenvalue weighted by atomic mass is 10.2. The van der Waals surface area contributed by atoms with Crippen molar-refractivity contribution in [3.63, 3.8) is 0 Å². The highest BCUT2D eigenvalue weighted by molar-refractivity contribution is 5.76. The number of nitrogens with one attached hydrogen (secondary N) is 2. The first-order valence-corrected chi connectivity index (χ1v) is 10.0. The van der Waals surface area contributed by atoms with Crippen LogP contribution in [0.5, 0.6) is 17.4 Å². The summed E-state index contributed by atoms with van der Waals surface area (Å²) in [5.74, 6) is 2.77. The van der Waals surface area contributed by atoms with E-state index in [9.17, 15) is 4.79 Å². The molecule has 3 heterocycles. The number of benzene rings is 1. The number of aromatic nitrogens is 6. The molecule has 1 amide bonds. The normalized spacial score (nSPS) is 10.7. The Bertz CT molecular complexity index is 1140. The minimum Gasteiger partial charge on any atom is -0.494 e. The Hall–Kier alpha value is -4.28. The Morgan fingerprint density at radius 1 is 1.16 bits per heavy atom. The summed E-state index contributed by atoms with van der Waals surface area (Å²) in [4.78, 5) is 24.5. The number of aryl methyl sites for hydroxylation is 1. The summed E-state index contributed by atoms with van der Waals surface area (Å²) in [6.07, 6.45) is 3.51. The zero-order valence-corrected chi connectivity index (χ0v) is 17.3. The molecule has 164 valence electrons. The molecule has 0 atom stereocenters. The van der Waals surface area contributed by atoms with Gasteiger partial charge in [0.15, 0.2) is 5.82 Å². The highest BCUT2D eigenvalue weighted by atomic mass is 16.5. The molecule has 4 rings (SSSR count). The van der Waals surface area contributed by atoms with Crippen molar-refractivity contribution >= 4 is 5.91 Å². The summed E-state index contributed by atoms with van der Waals surface area (Å²) in [6.45, 7) is 2.88. The monoisotopic (exact) mass is 435 g/mol. The zero-order chi connectivity index (χ0) is 22.2. The third-order valence-corrected chi connectivity index (χ3v) is 4.31. The predicted molar refractivity (Wildman–Crippen MR) is 112 cm³/mol. The van der Waals surface area contributed by atoms with E-state index in [1.807, 2.05) is 37.3 Å². The lowest BCUT2D eigenvalue weighted by Gasteiger charge is -2.09. The number of H-pyrrole nitrogens is 1. The van der Waals surface area contributed by atoms with Crippen LogP contribution in [-0.2, 0) is 17.8 Å². The Kier molecular flexibility index (Phi) is 6.66. The van der Waals surface area contributed by atoms with Crippen LogP contribution in [0.2, 0.25) is 0 Å². The van der Waals surface area contributed by atoms with Crippen molar-refractivity contribution in [1.82, 2.24) is 35.6 Å². The lowest BCUT2D eigenvalue weighted by molar-refractivity contribution is -0.121. The Morgan fingerprint density at radius 2 is 2.00 bits per heavy atom. The average Bonchev–Trinajstić information content (AvgIpc) is 3.50. The van der Waals surface area contributed by atoms with Crippen LogP contribution in [0.25, 0.3) is 11.6 Å². The van der Waals surface area contributed by atoms with E-state index in [1.54, 1.807) is 12.3 Å². The molecule has 11 nitrogen and oxygen atoms in total. The van der Waals surface area contributed by atoms with Gasteiger partial charge in [0.2, 0.25) is 23.5 Å². The van der Waals surface area contributed by atoms with Gasteiger partial charge in [-0.2, -0.15) is 10.1 Å². The van der Waals surface area contributed by atoms with Crippen molar-refractivity contribution in [3.05, 3.63) is 60.4 Å². The number of carbonyl (C=O) groups excluding carboxylic acids is 1. The number of ether oxygens (including phenoxy) is 2. The molecule has 1 aromatic carbocycles. The van der Waals surface area contributed by atoms with Crippen LogP contribution in [0.1, 0.15) is 24.8 Å². The van der Waals surface area contributed by atoms with Gasteiger partial charge in [-0.15, -0.1) is 0 Å². The molecule has 0 aliphatic carbocycles. The lowest BCUT2D eigenvalue weighted by Crippen LogP contribution is -2.23. The Labute approximate surface area is 183 Å². The summed E-state index contributed by atoms with van der Waals surface area (Å²) < 4.78 is 16.3. The molecule has 0 radical (unpaired) electrons. The summed E-state index contributed by atoms with van der Waals surface area (Å²) in [6, 6.07) is 10.9. The van der Waals surface area contributed by atoms with Gasteiger partial charge in [0, 0.05) is 31.6 Å². The van der Waals surface area contributed by atoms with Gasteiger partial charge in [-0.3, -0.25) is 9.89 Å². The van der Waals surface area contributed by atoms with E-state index in [0.29, 0.717) is 48.7 Å². The second-order valence-electron chi connectivity index (χ2n) is 6.63. The number of amides is 1. The molecular weight excluding hydrogens is 414 g/mol. The quantitative estimate of drug-likeness (QED) is 0.384. The molecule has 0 unspecified atom stereocenters. The molecule has 4 aromatic rings. The van der Waals surface area contributed by atoms with Gasteiger partial charge in [0.1, 0.15) is 17.8 Å². The van der Waals surface area contributed by atoms with Crippen LogP contribution >= 0.6 is 0 Å². The van der Waals surface area contributed by atoms with Gasteiger partial charge in [-0.05, 0) is 42.8 Å². The molecule has 0 saturated heterocycles. The molecule has 11 heteroatoms. The minimum absolute atomic E-state index is 0.143. The van der Waals surface area contributed by atoms with Crippen LogP contribution < -0.4 is 14.8 Å². The summed E-state index contributed by atoms with van der Waals surface area (Å²) in [5, 5.41) is 13.1. The maximum atomic E-state index is 12.2. The predicted octanol–water partition coefficient (Wildman–Crippen LogP) is 2.69. The third kappa shape index (κ3) is 5.65. The van der Waals surface area contributed by atoms with Crippen LogP contribution in [-0.4, -0.2) is 42.8 Å². The van der Waals surface area contributed by atoms with Crippen LogP contribution in [0, 0.1) is 0 Å². The van der Waals surface area contributed by atoms with E-state index in [-0.39, 0.29) is 12.3 Å². The number of hydrogen-bond donors (Lipinski definition) is 2. The van der Waals surface area contributed by atoms with Crippen molar-refractivity contribution in [1.29, 1.82) is 0 Å². The molecule has 3 aromatic heterocycles. The van der Waals surface area contributed by atoms with Crippen LogP contribution in [0.3, 0.4) is 0 Å². The van der Waals surface area contributed by atoms with Crippen molar-refractivity contribution in [2.75, 3.05) is 6.61 Å². The molecule has 0 bridgehead atoms. The number of pyridine rings is 1. The Morgan fingerprint density at radius 3 is 2.78 bits per heavy atom. The van der Waals surface area contributed by atoms with E-state index in [0.717, 1.165) is 11.3 Å². The van der Waals surface area contributed by atoms with E-state index in [1.165, 1.54) is 6.33 Å². The standard InChI is InChI=1S/C21H21N7O4/c1-2-30-15-3-5-16(6-4-15)31-19-11-14(9-10-22-19)12-23-17(29)7-8-18-26-21(28-32-18)20-24-13-25-27-20/h3-6,9-11,13H,2,7-8,12H2,1H3,(H,23,29)(H,24,25,27). The number of nitrogens with zero attached hydrogens (tertiary/aromatic N) is 5. The average molecular weight is 435 g/mol. The fourth-order valence-electron chi connectivity index (χ4n) is 2.78. The van der Waals surface area contributed by atoms with Crippen LogP contribution in [0.15, 0.2) is 53.4 Å². The highest BCUT2D eigenvalue weighted by Gasteiger charge is 2.12. The largest absolute Gasteiger partial charge is 0.494 e. The number of hydrogen-bond acceptors (Lipinski definition) is 9. The Balaban J connectivity index is 1.25. The molecule has 0 spiro atoms. The van der Waals surface area contributed by atoms with Gasteiger partial charge in [0.05, 0.1) is 6.61 Å². The zero-order valence-electron chi connectivity index (χ0n) is 17.3. The first kappa shape index (κ1) is 21.0. The highest BCUT2D eigenvalue weighted by Crippen LogP contribution is 2.23. The van der Waals surface area contributed by atoms with Gasteiger partial charge < -0.3 is 19.3 Å². The maximum absolute atomic E-state index is 12.2. The first-order valence-electron chi connectivity index (χ1n) is 10.0. The van der Waals surface area contributed by atoms with Crippen LogP contribution in [0.4, 0.5) is 0 Å². The third-order valence-electron chi connectivity index (χ3n) is 4.31. The fraction of sp³-hybridized carbons (Fsp3) is 0.238. The number of carbonyl (C=O) groups is 1. The summed E-state index contributed by atoms with van der Waals surface area (Å²) in [5.41, 5.74) is 0.861. The van der Waals surface area contributed by atoms with Crippen molar-refractivity contribution in [3.8, 4) is 29.0 Å². The van der Waals surface area contributed by atoms with Gasteiger partial charge >= 0.3 is 0 Å². The number of aromatic amines is 1. The molecule has 32 heavy (non-hydrogen) atoms. The second kappa shape index (κ2) is 10.2. The van der Waals surface area contributed by atoms with Gasteiger partial charge in [-0.25, -0.2) is 9.97 Å². The minimum atomic E-state index is -0.143. The topological polar surface area (TPSA) is 141 Å². The summed E-state index contributed by atoms with van der Waals surface area (Å²) >= 11 is 0. The van der Waals surface area contributed by atoms with Crippen molar-refractivity contribution in [2.45, 2.75) is 26.3 Å². The summed E-state index contributed by atoms with van der Waals surface area (Å²) in [7, 11) is 0. The van der Waals surface area contributed by atoms with E-state index in [2.05, 4.69) is 35.6 Å². The van der Waals surface area contributed by atoms with Crippen molar-refractivity contribution in [2.24, 2.45) is 0 Å². The molecule has 0 aliphatic heterocycles. The number of rotatable bonds is 10. The molecule has 0 saturated carbocycles. The second-order valence-corrected chi connectivity index (χ2v) is 6.63. The van der Waals surface area contributed by atoms with E-state index in [4.69, 9.17) is 14.0 Å². The van der Waals surface area contributed by atoms with E-state index >= 15 is 0 Å². The SMILES string of the molecule is CCOc1ccc(Oc2cc(CNC(=O)CCc3nc(-c4ncn[nH]4)no3)ccn2)cc1. The molecule has 2 N–H and O–H groups in total. The van der Waals surface area contributed by atoms with Gasteiger partial charge in [-0.1, -0.05) is 5.16 Å². The molecule has 0 aliphatic rings.